The second-order valence-corrected chi connectivity index (χ2v) is 4.09. The van der Waals surface area contributed by atoms with E-state index in [1.54, 1.807) is 0 Å². The maximum Gasteiger partial charge on any atom is 0.0175 e. The Morgan fingerprint density at radius 3 is 2.42 bits per heavy atom. The molecule has 0 spiro atoms. The Hall–Kier alpha value is -0.340. The highest BCUT2D eigenvalue weighted by Gasteiger charge is 2.00. The third kappa shape index (κ3) is 2.95. The molecule has 2 N–H and O–H groups in total. The molecule has 0 aliphatic rings. The van der Waals surface area contributed by atoms with E-state index in [1.807, 2.05) is 0 Å². The van der Waals surface area contributed by atoms with Gasteiger partial charge in [0.2, 0.25) is 0 Å². The van der Waals surface area contributed by atoms with Crippen molar-refractivity contribution in [2.45, 2.75) is 13.3 Å². The van der Waals surface area contributed by atoms with Gasteiger partial charge in [0.05, 0.1) is 0 Å². The first-order valence-electron chi connectivity index (χ1n) is 4.17. The molecular formula is C10H14BrN. The summed E-state index contributed by atoms with van der Waals surface area (Å²) in [7, 11) is 0. The number of nitrogens with two attached hydrogens (primary N) is 1. The molecule has 0 radical (unpaired) electrons. The molecule has 1 aromatic carbocycles. The van der Waals surface area contributed by atoms with E-state index in [9.17, 15) is 0 Å². The topological polar surface area (TPSA) is 26.0 Å². The number of hydrogen-bond acceptors (Lipinski definition) is 1. The summed E-state index contributed by atoms with van der Waals surface area (Å²) in [5.41, 5.74) is 6.90. The van der Waals surface area contributed by atoms with E-state index in [4.69, 9.17) is 5.73 Å². The summed E-state index contributed by atoms with van der Waals surface area (Å²) in [6.07, 6.45) is 1.07. The molecule has 0 bridgehead atoms. The van der Waals surface area contributed by atoms with Crippen molar-refractivity contribution in [1.29, 1.82) is 0 Å². The van der Waals surface area contributed by atoms with Crippen LogP contribution in [0.15, 0.2) is 28.7 Å². The summed E-state index contributed by atoms with van der Waals surface area (Å²) in [6, 6.07) is 8.41. The minimum absolute atomic E-state index is 0.575. The molecule has 0 heterocycles. The summed E-state index contributed by atoms with van der Waals surface area (Å²) in [5, 5.41) is 0. The predicted molar refractivity (Wildman–Crippen MR) is 56.1 cm³/mol. The van der Waals surface area contributed by atoms with Crippen LogP contribution in [0.4, 0.5) is 0 Å². The summed E-state index contributed by atoms with van der Waals surface area (Å²) in [4.78, 5) is 0. The first kappa shape index (κ1) is 9.75. The number of hydrogen-bond donors (Lipinski definition) is 1. The lowest BCUT2D eigenvalue weighted by molar-refractivity contribution is 0.593. The van der Waals surface area contributed by atoms with Gasteiger partial charge in [0, 0.05) is 4.47 Å². The van der Waals surface area contributed by atoms with Gasteiger partial charge in [-0.25, -0.2) is 0 Å². The Bertz CT molecular complexity index is 230. The summed E-state index contributed by atoms with van der Waals surface area (Å²) in [5.74, 6) is 0.575. The Kier molecular flexibility index (Phi) is 3.76. The van der Waals surface area contributed by atoms with E-state index in [1.165, 1.54) is 5.56 Å². The predicted octanol–water partition coefficient (Wildman–Crippen LogP) is 2.59. The van der Waals surface area contributed by atoms with Gasteiger partial charge in [-0.2, -0.15) is 0 Å². The van der Waals surface area contributed by atoms with Gasteiger partial charge in [0.1, 0.15) is 0 Å². The van der Waals surface area contributed by atoms with Crippen LogP contribution in [0.1, 0.15) is 12.5 Å². The molecular weight excluding hydrogens is 214 g/mol. The van der Waals surface area contributed by atoms with E-state index >= 15 is 0 Å². The van der Waals surface area contributed by atoms with Gasteiger partial charge in [0.15, 0.2) is 0 Å². The molecule has 66 valence electrons. The minimum Gasteiger partial charge on any atom is -0.330 e. The van der Waals surface area contributed by atoms with Gasteiger partial charge in [-0.15, -0.1) is 0 Å². The highest BCUT2D eigenvalue weighted by Crippen LogP contribution is 2.13. The fourth-order valence-electron chi connectivity index (χ4n) is 1.11. The van der Waals surface area contributed by atoms with Crippen LogP contribution >= 0.6 is 15.9 Å². The molecule has 0 amide bonds. The lowest BCUT2D eigenvalue weighted by atomic mass is 10.0. The molecule has 0 unspecified atom stereocenters. The van der Waals surface area contributed by atoms with Crippen LogP contribution in [0, 0.1) is 5.92 Å². The van der Waals surface area contributed by atoms with Crippen molar-refractivity contribution in [1.82, 2.24) is 0 Å². The van der Waals surface area contributed by atoms with Crippen molar-refractivity contribution < 1.29 is 0 Å². The second kappa shape index (κ2) is 4.63. The highest BCUT2D eigenvalue weighted by molar-refractivity contribution is 9.10. The van der Waals surface area contributed by atoms with Gasteiger partial charge in [0.25, 0.3) is 0 Å². The normalized spacial score (nSPS) is 12.9. The third-order valence-electron chi connectivity index (χ3n) is 1.90. The first-order chi connectivity index (χ1) is 5.72. The van der Waals surface area contributed by atoms with Crippen molar-refractivity contribution in [3.05, 3.63) is 34.3 Å². The SMILES string of the molecule is C[C@H](CN)Cc1ccc(Br)cc1. The molecule has 0 fully saturated rings. The first-order valence-corrected chi connectivity index (χ1v) is 4.96. The van der Waals surface area contributed by atoms with Gasteiger partial charge < -0.3 is 5.73 Å². The fourth-order valence-corrected chi connectivity index (χ4v) is 1.37. The molecule has 1 atom stereocenters. The van der Waals surface area contributed by atoms with Crippen LogP contribution in [0.25, 0.3) is 0 Å². The average Bonchev–Trinajstić information content (AvgIpc) is 2.09. The molecule has 1 nitrogen and oxygen atoms in total. The van der Waals surface area contributed by atoms with Crippen molar-refractivity contribution in [3.63, 3.8) is 0 Å². The Labute approximate surface area is 82.1 Å². The zero-order chi connectivity index (χ0) is 8.97. The Morgan fingerprint density at radius 1 is 1.33 bits per heavy atom. The molecule has 0 saturated carbocycles. The second-order valence-electron chi connectivity index (χ2n) is 3.17. The number of halogens is 1. The van der Waals surface area contributed by atoms with E-state index in [-0.39, 0.29) is 0 Å². The van der Waals surface area contributed by atoms with E-state index in [2.05, 4.69) is 47.1 Å². The third-order valence-corrected chi connectivity index (χ3v) is 2.43. The van der Waals surface area contributed by atoms with Gasteiger partial charge in [-0.1, -0.05) is 35.0 Å². The van der Waals surface area contributed by atoms with Gasteiger partial charge in [-0.3, -0.25) is 0 Å². The van der Waals surface area contributed by atoms with E-state index in [0.717, 1.165) is 17.4 Å². The zero-order valence-electron chi connectivity index (χ0n) is 7.26. The largest absolute Gasteiger partial charge is 0.330 e. The van der Waals surface area contributed by atoms with Crippen molar-refractivity contribution in [2.24, 2.45) is 11.7 Å². The van der Waals surface area contributed by atoms with Crippen LogP contribution in [-0.4, -0.2) is 6.54 Å². The Balaban J connectivity index is 2.58. The highest BCUT2D eigenvalue weighted by atomic mass is 79.9. The van der Waals surface area contributed by atoms with Crippen molar-refractivity contribution >= 4 is 15.9 Å². The standard InChI is InChI=1S/C10H14BrN/c1-8(7-12)6-9-2-4-10(11)5-3-9/h2-5,8H,6-7,12H2,1H3/t8-/m0/s1. The molecule has 0 aromatic heterocycles. The molecule has 0 saturated heterocycles. The van der Waals surface area contributed by atoms with Crippen LogP contribution in [-0.2, 0) is 6.42 Å². The lowest BCUT2D eigenvalue weighted by Crippen LogP contribution is -2.12. The molecule has 0 aliphatic heterocycles. The molecule has 1 aromatic rings. The van der Waals surface area contributed by atoms with Gasteiger partial charge >= 0.3 is 0 Å². The number of benzene rings is 1. The molecule has 2 heteroatoms. The summed E-state index contributed by atoms with van der Waals surface area (Å²) >= 11 is 3.40. The van der Waals surface area contributed by atoms with E-state index in [0.29, 0.717) is 5.92 Å². The molecule has 1 rings (SSSR count). The summed E-state index contributed by atoms with van der Waals surface area (Å²) in [6.45, 7) is 2.93. The maximum absolute atomic E-state index is 5.54. The quantitative estimate of drug-likeness (QED) is 0.845. The minimum atomic E-state index is 0.575. The van der Waals surface area contributed by atoms with Crippen LogP contribution in [0.5, 0.6) is 0 Å². The molecule has 12 heavy (non-hydrogen) atoms. The van der Waals surface area contributed by atoms with Crippen molar-refractivity contribution in [2.75, 3.05) is 6.54 Å². The molecule has 0 aliphatic carbocycles. The lowest BCUT2D eigenvalue weighted by Gasteiger charge is -2.07. The zero-order valence-corrected chi connectivity index (χ0v) is 8.84. The average molecular weight is 228 g/mol. The van der Waals surface area contributed by atoms with Crippen LogP contribution in [0.2, 0.25) is 0 Å². The summed E-state index contributed by atoms with van der Waals surface area (Å²) < 4.78 is 1.13. The monoisotopic (exact) mass is 227 g/mol. The Morgan fingerprint density at radius 2 is 1.92 bits per heavy atom. The van der Waals surface area contributed by atoms with Crippen molar-refractivity contribution in [3.8, 4) is 0 Å². The van der Waals surface area contributed by atoms with Crippen LogP contribution in [0.3, 0.4) is 0 Å². The number of rotatable bonds is 3. The van der Waals surface area contributed by atoms with E-state index < -0.39 is 0 Å². The van der Waals surface area contributed by atoms with Crippen LogP contribution < -0.4 is 5.73 Å². The fraction of sp³-hybridized carbons (Fsp3) is 0.400. The van der Waals surface area contributed by atoms with Gasteiger partial charge in [-0.05, 0) is 36.6 Å². The smallest absolute Gasteiger partial charge is 0.0175 e. The maximum atomic E-state index is 5.54.